The minimum atomic E-state index is 0.409. The van der Waals surface area contributed by atoms with Gasteiger partial charge in [0, 0.05) is 37.1 Å². The van der Waals surface area contributed by atoms with E-state index in [2.05, 4.69) is 25.0 Å². The number of anilines is 1. The molecule has 0 spiro atoms. The molecule has 1 fully saturated rings. The highest BCUT2D eigenvalue weighted by atomic mass is 15.3. The standard InChI is InChI=1S/C15H16N6/c1-11-18-14-9-16-6-3-13(14)15(19-11)20-8-4-12(10-20)21-7-2-5-17-21/h2-3,5-7,9,12H,4,8,10H2,1H3. The average Bonchev–Trinajstić information content (AvgIpc) is 3.17. The molecule has 106 valence electrons. The maximum atomic E-state index is 4.66. The normalized spacial score (nSPS) is 18.5. The van der Waals surface area contributed by atoms with Crippen LogP contribution in [0.4, 0.5) is 5.82 Å². The van der Waals surface area contributed by atoms with Gasteiger partial charge in [-0.15, -0.1) is 0 Å². The van der Waals surface area contributed by atoms with Crippen LogP contribution < -0.4 is 4.90 Å². The summed E-state index contributed by atoms with van der Waals surface area (Å²) in [6.45, 7) is 3.84. The van der Waals surface area contributed by atoms with E-state index in [1.165, 1.54) is 0 Å². The number of hydrogen-bond donors (Lipinski definition) is 0. The summed E-state index contributed by atoms with van der Waals surface area (Å²) in [7, 11) is 0. The Morgan fingerprint density at radius 1 is 1.24 bits per heavy atom. The smallest absolute Gasteiger partial charge is 0.140 e. The van der Waals surface area contributed by atoms with Crippen molar-refractivity contribution in [1.82, 2.24) is 24.7 Å². The van der Waals surface area contributed by atoms with Crippen LogP contribution in [0, 0.1) is 6.92 Å². The molecule has 1 saturated heterocycles. The molecule has 0 N–H and O–H groups in total. The van der Waals surface area contributed by atoms with Crippen LogP contribution in [-0.4, -0.2) is 37.8 Å². The van der Waals surface area contributed by atoms with Gasteiger partial charge in [-0.25, -0.2) is 9.97 Å². The van der Waals surface area contributed by atoms with E-state index in [1.807, 2.05) is 36.1 Å². The summed E-state index contributed by atoms with van der Waals surface area (Å²) in [5.41, 5.74) is 0.905. The van der Waals surface area contributed by atoms with E-state index in [-0.39, 0.29) is 0 Å². The summed E-state index contributed by atoms with van der Waals surface area (Å²) in [6, 6.07) is 4.37. The van der Waals surface area contributed by atoms with Gasteiger partial charge in [0.25, 0.3) is 0 Å². The third kappa shape index (κ3) is 2.12. The SMILES string of the molecule is Cc1nc(N2CCC(n3cccn3)C2)c2ccncc2n1. The maximum absolute atomic E-state index is 4.66. The Bertz CT molecular complexity index is 767. The molecule has 1 atom stereocenters. The van der Waals surface area contributed by atoms with E-state index >= 15 is 0 Å². The second-order valence-corrected chi connectivity index (χ2v) is 5.36. The molecule has 4 heterocycles. The predicted octanol–water partition coefficient (Wildman–Crippen LogP) is 1.98. The Morgan fingerprint density at radius 3 is 3.05 bits per heavy atom. The van der Waals surface area contributed by atoms with Crippen LogP contribution in [0.15, 0.2) is 36.9 Å². The average molecular weight is 280 g/mol. The van der Waals surface area contributed by atoms with Crippen molar-refractivity contribution in [2.24, 2.45) is 0 Å². The molecule has 1 aliphatic rings. The number of aromatic nitrogens is 5. The maximum Gasteiger partial charge on any atom is 0.140 e. The van der Waals surface area contributed by atoms with Gasteiger partial charge < -0.3 is 4.90 Å². The van der Waals surface area contributed by atoms with Crippen molar-refractivity contribution in [3.8, 4) is 0 Å². The van der Waals surface area contributed by atoms with Crippen LogP contribution in [-0.2, 0) is 0 Å². The van der Waals surface area contributed by atoms with Crippen molar-refractivity contribution in [3.05, 3.63) is 42.7 Å². The van der Waals surface area contributed by atoms with Crippen LogP contribution in [0.5, 0.6) is 0 Å². The molecule has 0 bridgehead atoms. The third-order valence-corrected chi connectivity index (χ3v) is 3.95. The molecule has 6 nitrogen and oxygen atoms in total. The largest absolute Gasteiger partial charge is 0.354 e. The van der Waals surface area contributed by atoms with Gasteiger partial charge in [0.15, 0.2) is 0 Å². The molecule has 4 rings (SSSR count). The lowest BCUT2D eigenvalue weighted by atomic mass is 10.2. The van der Waals surface area contributed by atoms with E-state index in [9.17, 15) is 0 Å². The number of rotatable bonds is 2. The van der Waals surface area contributed by atoms with Gasteiger partial charge in [-0.3, -0.25) is 9.67 Å². The molecular weight excluding hydrogens is 264 g/mol. The molecule has 0 saturated carbocycles. The second kappa shape index (κ2) is 4.80. The Hall–Kier alpha value is -2.50. The first-order valence-corrected chi connectivity index (χ1v) is 7.14. The zero-order valence-electron chi connectivity index (χ0n) is 11.8. The molecule has 0 aromatic carbocycles. The van der Waals surface area contributed by atoms with E-state index in [0.717, 1.165) is 42.1 Å². The summed E-state index contributed by atoms with van der Waals surface area (Å²) < 4.78 is 2.04. The van der Waals surface area contributed by atoms with Crippen molar-refractivity contribution in [2.45, 2.75) is 19.4 Å². The summed E-state index contributed by atoms with van der Waals surface area (Å²) in [5.74, 6) is 1.79. The minimum absolute atomic E-state index is 0.409. The summed E-state index contributed by atoms with van der Waals surface area (Å²) in [6.07, 6.45) is 8.54. The number of aryl methyl sites for hydroxylation is 1. The first-order chi connectivity index (χ1) is 10.3. The van der Waals surface area contributed by atoms with Gasteiger partial charge >= 0.3 is 0 Å². The molecule has 0 radical (unpaired) electrons. The summed E-state index contributed by atoms with van der Waals surface area (Å²) >= 11 is 0. The molecule has 6 heteroatoms. The van der Waals surface area contributed by atoms with Crippen molar-refractivity contribution in [3.63, 3.8) is 0 Å². The lowest BCUT2D eigenvalue weighted by molar-refractivity contribution is 0.494. The molecule has 1 unspecified atom stereocenters. The molecule has 3 aromatic rings. The van der Waals surface area contributed by atoms with Crippen LogP contribution in [0.1, 0.15) is 18.3 Å². The quantitative estimate of drug-likeness (QED) is 0.718. The Kier molecular flexibility index (Phi) is 2.80. The van der Waals surface area contributed by atoms with E-state index < -0.39 is 0 Å². The molecule has 3 aromatic heterocycles. The highest BCUT2D eigenvalue weighted by Crippen LogP contribution is 2.29. The minimum Gasteiger partial charge on any atom is -0.354 e. The fourth-order valence-electron chi connectivity index (χ4n) is 2.96. The van der Waals surface area contributed by atoms with Crippen molar-refractivity contribution in [2.75, 3.05) is 18.0 Å². The zero-order chi connectivity index (χ0) is 14.2. The van der Waals surface area contributed by atoms with Gasteiger partial charge in [0.2, 0.25) is 0 Å². The number of fused-ring (bicyclic) bond motifs is 1. The topological polar surface area (TPSA) is 59.7 Å². The van der Waals surface area contributed by atoms with Gasteiger partial charge in [-0.1, -0.05) is 0 Å². The summed E-state index contributed by atoms with van der Waals surface area (Å²) in [4.78, 5) is 15.6. The summed E-state index contributed by atoms with van der Waals surface area (Å²) in [5, 5.41) is 5.42. The van der Waals surface area contributed by atoms with Crippen molar-refractivity contribution in [1.29, 1.82) is 0 Å². The van der Waals surface area contributed by atoms with E-state index in [4.69, 9.17) is 0 Å². The van der Waals surface area contributed by atoms with Crippen molar-refractivity contribution < 1.29 is 0 Å². The van der Waals surface area contributed by atoms with E-state index in [0.29, 0.717) is 6.04 Å². The molecule has 0 amide bonds. The molecule has 1 aliphatic heterocycles. The third-order valence-electron chi connectivity index (χ3n) is 3.95. The second-order valence-electron chi connectivity index (χ2n) is 5.36. The zero-order valence-corrected chi connectivity index (χ0v) is 11.8. The van der Waals surface area contributed by atoms with Crippen LogP contribution in [0.25, 0.3) is 10.9 Å². The fourth-order valence-corrected chi connectivity index (χ4v) is 2.96. The van der Waals surface area contributed by atoms with Crippen LogP contribution >= 0.6 is 0 Å². The molecular formula is C15H16N6. The Balaban J connectivity index is 1.71. The highest BCUT2D eigenvalue weighted by molar-refractivity contribution is 5.88. The monoisotopic (exact) mass is 280 g/mol. The van der Waals surface area contributed by atoms with Crippen molar-refractivity contribution >= 4 is 16.7 Å². The van der Waals surface area contributed by atoms with Gasteiger partial charge in [0.05, 0.1) is 17.8 Å². The predicted molar refractivity (Wildman–Crippen MR) is 80.2 cm³/mol. The highest BCUT2D eigenvalue weighted by Gasteiger charge is 2.26. The van der Waals surface area contributed by atoms with E-state index in [1.54, 1.807) is 12.4 Å². The Morgan fingerprint density at radius 2 is 2.19 bits per heavy atom. The first kappa shape index (κ1) is 12.3. The van der Waals surface area contributed by atoms with Crippen LogP contribution in [0.2, 0.25) is 0 Å². The lowest BCUT2D eigenvalue weighted by Gasteiger charge is -2.19. The molecule has 0 aliphatic carbocycles. The van der Waals surface area contributed by atoms with Gasteiger partial charge in [0.1, 0.15) is 11.6 Å². The Labute approximate surface area is 122 Å². The van der Waals surface area contributed by atoms with Crippen LogP contribution in [0.3, 0.4) is 0 Å². The van der Waals surface area contributed by atoms with Gasteiger partial charge in [-0.2, -0.15) is 5.10 Å². The molecule has 21 heavy (non-hydrogen) atoms. The number of nitrogens with zero attached hydrogens (tertiary/aromatic N) is 6. The number of hydrogen-bond acceptors (Lipinski definition) is 5. The van der Waals surface area contributed by atoms with Gasteiger partial charge in [-0.05, 0) is 25.5 Å². The lowest BCUT2D eigenvalue weighted by Crippen LogP contribution is -2.23. The first-order valence-electron chi connectivity index (χ1n) is 7.14. The number of pyridine rings is 1. The fraction of sp³-hybridized carbons (Fsp3) is 0.333.